The van der Waals surface area contributed by atoms with Gasteiger partial charge in [-0.05, 0) is 12.5 Å². The van der Waals surface area contributed by atoms with Crippen molar-refractivity contribution in [3.05, 3.63) is 47.5 Å². The first-order valence-electron chi connectivity index (χ1n) is 4.06. The molecule has 0 heterocycles. The van der Waals surface area contributed by atoms with Gasteiger partial charge in [-0.15, -0.1) is 0 Å². The lowest BCUT2D eigenvalue weighted by molar-refractivity contribution is -0.132. The lowest BCUT2D eigenvalue weighted by atomic mass is 10.0. The van der Waals surface area contributed by atoms with Gasteiger partial charge in [0.1, 0.15) is 0 Å². The van der Waals surface area contributed by atoms with Gasteiger partial charge < -0.3 is 5.11 Å². The number of carbonyl (C=O) groups is 1. The quantitative estimate of drug-likeness (QED) is 0.717. The van der Waals surface area contributed by atoms with Crippen molar-refractivity contribution < 1.29 is 9.90 Å². The van der Waals surface area contributed by atoms with E-state index in [2.05, 4.69) is 6.58 Å². The van der Waals surface area contributed by atoms with Crippen molar-refractivity contribution in [3.8, 4) is 0 Å². The maximum atomic E-state index is 10.5. The van der Waals surface area contributed by atoms with Crippen molar-refractivity contribution in [1.29, 1.82) is 0 Å². The van der Waals surface area contributed by atoms with Gasteiger partial charge in [0.15, 0.2) is 0 Å². The van der Waals surface area contributed by atoms with E-state index < -0.39 is 5.97 Å². The van der Waals surface area contributed by atoms with Crippen LogP contribution in [0.15, 0.2) is 36.4 Å². The van der Waals surface area contributed by atoms with Crippen molar-refractivity contribution in [2.75, 3.05) is 0 Å². The van der Waals surface area contributed by atoms with E-state index in [1.54, 1.807) is 0 Å². The fourth-order valence-corrected chi connectivity index (χ4v) is 1.14. The standard InChI is InChI=1S/C11H12O2/c1-8-4-3-5-10(6-8)7-9(2)11(12)13/h3-6H,2,7H2,1H3,(H,12,13). The second-order valence-electron chi connectivity index (χ2n) is 3.07. The zero-order valence-electron chi connectivity index (χ0n) is 7.58. The second-order valence-corrected chi connectivity index (χ2v) is 3.07. The van der Waals surface area contributed by atoms with E-state index in [1.807, 2.05) is 31.2 Å². The van der Waals surface area contributed by atoms with Gasteiger partial charge in [-0.25, -0.2) is 4.79 Å². The maximum absolute atomic E-state index is 10.5. The lowest BCUT2D eigenvalue weighted by Crippen LogP contribution is -2.02. The predicted octanol–water partition coefficient (Wildman–Crippen LogP) is 2.18. The molecule has 0 atom stereocenters. The highest BCUT2D eigenvalue weighted by atomic mass is 16.4. The molecule has 0 amide bonds. The van der Waals surface area contributed by atoms with E-state index in [1.165, 1.54) is 0 Å². The van der Waals surface area contributed by atoms with Crippen molar-refractivity contribution in [3.63, 3.8) is 0 Å². The molecular weight excluding hydrogens is 164 g/mol. The highest BCUT2D eigenvalue weighted by Crippen LogP contribution is 2.08. The Morgan fingerprint density at radius 1 is 1.54 bits per heavy atom. The Hall–Kier alpha value is -1.57. The number of aliphatic carboxylic acids is 1. The van der Waals surface area contributed by atoms with Gasteiger partial charge >= 0.3 is 5.97 Å². The van der Waals surface area contributed by atoms with Crippen LogP contribution in [-0.2, 0) is 11.2 Å². The van der Waals surface area contributed by atoms with Crippen LogP contribution in [0, 0.1) is 6.92 Å². The summed E-state index contributed by atoms with van der Waals surface area (Å²) in [6, 6.07) is 7.77. The third-order valence-electron chi connectivity index (χ3n) is 1.80. The molecule has 68 valence electrons. The Bertz CT molecular complexity index is 340. The number of benzene rings is 1. The highest BCUT2D eigenvalue weighted by molar-refractivity contribution is 5.86. The van der Waals surface area contributed by atoms with Gasteiger partial charge in [0.05, 0.1) is 0 Å². The molecule has 1 aromatic rings. The Morgan fingerprint density at radius 3 is 2.77 bits per heavy atom. The summed E-state index contributed by atoms with van der Waals surface area (Å²) in [5.74, 6) is -0.929. The first-order valence-corrected chi connectivity index (χ1v) is 4.06. The SMILES string of the molecule is C=C(Cc1cccc(C)c1)C(=O)O. The van der Waals surface area contributed by atoms with Gasteiger partial charge in [0, 0.05) is 12.0 Å². The number of hydrogen-bond donors (Lipinski definition) is 1. The first kappa shape index (κ1) is 9.52. The van der Waals surface area contributed by atoms with Crippen LogP contribution in [-0.4, -0.2) is 11.1 Å². The monoisotopic (exact) mass is 176 g/mol. The molecule has 1 aromatic carbocycles. The smallest absolute Gasteiger partial charge is 0.331 e. The summed E-state index contributed by atoms with van der Waals surface area (Å²) in [4.78, 5) is 10.5. The fraction of sp³-hybridized carbons (Fsp3) is 0.182. The van der Waals surface area contributed by atoms with Crippen LogP contribution < -0.4 is 0 Å². The third-order valence-corrected chi connectivity index (χ3v) is 1.80. The van der Waals surface area contributed by atoms with Crippen LogP contribution in [0.3, 0.4) is 0 Å². The lowest BCUT2D eigenvalue weighted by Gasteiger charge is -2.01. The van der Waals surface area contributed by atoms with E-state index in [0.717, 1.165) is 11.1 Å². The van der Waals surface area contributed by atoms with Gasteiger partial charge in [0.2, 0.25) is 0 Å². The van der Waals surface area contributed by atoms with Gasteiger partial charge in [-0.3, -0.25) is 0 Å². The molecule has 1 rings (SSSR count). The summed E-state index contributed by atoms with van der Waals surface area (Å²) < 4.78 is 0. The summed E-state index contributed by atoms with van der Waals surface area (Å²) in [5, 5.41) is 8.61. The van der Waals surface area contributed by atoms with Crippen LogP contribution in [0.1, 0.15) is 11.1 Å². The predicted molar refractivity (Wildman–Crippen MR) is 51.7 cm³/mol. The topological polar surface area (TPSA) is 37.3 Å². The molecule has 13 heavy (non-hydrogen) atoms. The molecule has 1 N–H and O–H groups in total. The fourth-order valence-electron chi connectivity index (χ4n) is 1.14. The van der Waals surface area contributed by atoms with Gasteiger partial charge in [0.25, 0.3) is 0 Å². The van der Waals surface area contributed by atoms with Crippen LogP contribution >= 0.6 is 0 Å². The summed E-state index contributed by atoms with van der Waals surface area (Å²) in [6.45, 7) is 5.46. The van der Waals surface area contributed by atoms with Gasteiger partial charge in [-0.2, -0.15) is 0 Å². The van der Waals surface area contributed by atoms with Crippen molar-refractivity contribution in [1.82, 2.24) is 0 Å². The normalized spacial score (nSPS) is 9.62. The minimum atomic E-state index is -0.929. The summed E-state index contributed by atoms with van der Waals surface area (Å²) in [6.07, 6.45) is 0.414. The van der Waals surface area contributed by atoms with Crippen LogP contribution in [0.5, 0.6) is 0 Å². The second kappa shape index (κ2) is 3.90. The Labute approximate surface area is 77.5 Å². The third kappa shape index (κ3) is 2.75. The van der Waals surface area contributed by atoms with Crippen molar-refractivity contribution in [2.45, 2.75) is 13.3 Å². The molecule has 0 radical (unpaired) electrons. The molecule has 0 saturated carbocycles. The maximum Gasteiger partial charge on any atom is 0.331 e. The molecule has 0 spiro atoms. The number of aryl methyl sites for hydroxylation is 1. The first-order chi connectivity index (χ1) is 6.09. The molecule has 0 fully saturated rings. The molecule has 0 aliphatic carbocycles. The largest absolute Gasteiger partial charge is 0.478 e. The van der Waals surface area contributed by atoms with E-state index in [-0.39, 0.29) is 5.57 Å². The molecular formula is C11H12O2. The summed E-state index contributed by atoms with van der Waals surface area (Å²) in [7, 11) is 0. The van der Waals surface area contributed by atoms with Crippen molar-refractivity contribution >= 4 is 5.97 Å². The molecule has 0 bridgehead atoms. The Morgan fingerprint density at radius 2 is 2.23 bits per heavy atom. The van der Waals surface area contributed by atoms with Crippen molar-refractivity contribution in [2.24, 2.45) is 0 Å². The average molecular weight is 176 g/mol. The van der Waals surface area contributed by atoms with E-state index in [9.17, 15) is 4.79 Å². The minimum Gasteiger partial charge on any atom is -0.478 e. The molecule has 0 saturated heterocycles. The molecule has 0 unspecified atom stereocenters. The molecule has 2 nitrogen and oxygen atoms in total. The van der Waals surface area contributed by atoms with Crippen LogP contribution in [0.25, 0.3) is 0 Å². The Balaban J connectivity index is 2.75. The summed E-state index contributed by atoms with van der Waals surface area (Å²) >= 11 is 0. The zero-order chi connectivity index (χ0) is 9.84. The van der Waals surface area contributed by atoms with E-state index >= 15 is 0 Å². The molecule has 0 aliphatic heterocycles. The summed E-state index contributed by atoms with van der Waals surface area (Å²) in [5.41, 5.74) is 2.36. The highest BCUT2D eigenvalue weighted by Gasteiger charge is 2.04. The molecule has 0 aromatic heterocycles. The van der Waals surface area contributed by atoms with Crippen LogP contribution in [0.2, 0.25) is 0 Å². The minimum absolute atomic E-state index is 0.227. The molecule has 0 aliphatic rings. The van der Waals surface area contributed by atoms with E-state index in [4.69, 9.17) is 5.11 Å². The number of carboxylic acid groups (broad SMARTS) is 1. The van der Waals surface area contributed by atoms with Crippen LogP contribution in [0.4, 0.5) is 0 Å². The van der Waals surface area contributed by atoms with Gasteiger partial charge in [-0.1, -0.05) is 36.4 Å². The van der Waals surface area contributed by atoms with E-state index in [0.29, 0.717) is 6.42 Å². The number of rotatable bonds is 3. The number of carboxylic acids is 1. The number of hydrogen-bond acceptors (Lipinski definition) is 1. The Kier molecular flexibility index (Phi) is 2.85. The average Bonchev–Trinajstić information content (AvgIpc) is 2.04. The molecule has 2 heteroatoms. The zero-order valence-corrected chi connectivity index (χ0v) is 7.58.